The van der Waals surface area contributed by atoms with Gasteiger partial charge in [0.2, 0.25) is 5.91 Å². The molecule has 2 amide bonds. The van der Waals surface area contributed by atoms with Crippen LogP contribution in [-0.4, -0.2) is 41.3 Å². The summed E-state index contributed by atoms with van der Waals surface area (Å²) in [6, 6.07) is 7.44. The van der Waals surface area contributed by atoms with E-state index in [0.717, 1.165) is 36.7 Å². The van der Waals surface area contributed by atoms with Crippen molar-refractivity contribution in [2.75, 3.05) is 19.6 Å². The van der Waals surface area contributed by atoms with Crippen molar-refractivity contribution in [1.82, 2.24) is 15.2 Å². The summed E-state index contributed by atoms with van der Waals surface area (Å²) in [6.07, 6.45) is 9.97. The Kier molecular flexibility index (Phi) is 7.01. The fourth-order valence-corrected chi connectivity index (χ4v) is 5.03. The zero-order chi connectivity index (χ0) is 21.8. The summed E-state index contributed by atoms with van der Waals surface area (Å²) in [4.78, 5) is 30.6. The van der Waals surface area contributed by atoms with Crippen molar-refractivity contribution >= 4 is 34.3 Å². The van der Waals surface area contributed by atoms with Gasteiger partial charge in [0, 0.05) is 41.5 Å². The van der Waals surface area contributed by atoms with Crippen LogP contribution in [0.25, 0.3) is 10.9 Å². The molecule has 0 radical (unpaired) electrons. The van der Waals surface area contributed by atoms with Crippen LogP contribution in [0.3, 0.4) is 0 Å². The maximum atomic E-state index is 12.9. The van der Waals surface area contributed by atoms with Crippen LogP contribution < -0.4 is 5.32 Å². The third kappa shape index (κ3) is 5.32. The van der Waals surface area contributed by atoms with Crippen LogP contribution in [-0.2, 0) is 4.79 Å². The highest BCUT2D eigenvalue weighted by molar-refractivity contribution is 6.31. The largest absolute Gasteiger partial charge is 0.356 e. The number of nitrogens with one attached hydrogen (secondary N) is 2. The van der Waals surface area contributed by atoms with Gasteiger partial charge in [-0.05, 0) is 75.1 Å². The highest BCUT2D eigenvalue weighted by atomic mass is 35.5. The molecule has 1 aliphatic heterocycles. The van der Waals surface area contributed by atoms with E-state index in [-0.39, 0.29) is 17.7 Å². The number of benzene rings is 1. The van der Waals surface area contributed by atoms with Gasteiger partial charge in [-0.15, -0.1) is 0 Å². The van der Waals surface area contributed by atoms with Crippen molar-refractivity contribution in [3.63, 3.8) is 0 Å². The van der Waals surface area contributed by atoms with Crippen molar-refractivity contribution in [2.45, 2.75) is 51.9 Å². The zero-order valence-corrected chi connectivity index (χ0v) is 19.0. The second kappa shape index (κ2) is 9.90. The predicted molar refractivity (Wildman–Crippen MR) is 125 cm³/mol. The smallest absolute Gasteiger partial charge is 0.270 e. The van der Waals surface area contributed by atoms with E-state index in [1.807, 2.05) is 36.1 Å². The van der Waals surface area contributed by atoms with Gasteiger partial charge in [-0.25, -0.2) is 0 Å². The van der Waals surface area contributed by atoms with Gasteiger partial charge in [-0.3, -0.25) is 9.59 Å². The van der Waals surface area contributed by atoms with Crippen LogP contribution in [0.5, 0.6) is 0 Å². The number of rotatable bonds is 6. The maximum Gasteiger partial charge on any atom is 0.270 e. The SMILES string of the molecule is C[C@@H](C(=O)NCCC1=CCCCC1)C1CCN(C(=O)c2cc3cc(Cl)ccc3[nH]2)CC1. The lowest BCUT2D eigenvalue weighted by molar-refractivity contribution is -0.126. The van der Waals surface area contributed by atoms with Crippen LogP contribution in [0.1, 0.15) is 62.4 Å². The molecule has 0 saturated carbocycles. The fraction of sp³-hybridized carbons (Fsp3) is 0.520. The lowest BCUT2D eigenvalue weighted by Gasteiger charge is -2.34. The molecule has 2 aliphatic rings. The topological polar surface area (TPSA) is 65.2 Å². The number of piperidine rings is 1. The molecule has 31 heavy (non-hydrogen) atoms. The molecule has 1 aliphatic carbocycles. The normalized spacial score (nSPS) is 18.6. The molecule has 0 bridgehead atoms. The first kappa shape index (κ1) is 21.9. The highest BCUT2D eigenvalue weighted by Gasteiger charge is 2.30. The number of carbonyl (C=O) groups excluding carboxylic acids is 2. The Hall–Kier alpha value is -2.27. The number of halogens is 1. The van der Waals surface area contributed by atoms with Crippen LogP contribution in [0.15, 0.2) is 35.9 Å². The molecule has 166 valence electrons. The number of aromatic nitrogens is 1. The fourth-order valence-electron chi connectivity index (χ4n) is 4.84. The minimum Gasteiger partial charge on any atom is -0.356 e. The Morgan fingerprint density at radius 3 is 2.77 bits per heavy atom. The van der Waals surface area contributed by atoms with Gasteiger partial charge in [-0.2, -0.15) is 0 Å². The van der Waals surface area contributed by atoms with Crippen molar-refractivity contribution in [2.24, 2.45) is 11.8 Å². The number of carbonyl (C=O) groups is 2. The lowest BCUT2D eigenvalue weighted by Crippen LogP contribution is -2.43. The average molecular weight is 442 g/mol. The van der Waals surface area contributed by atoms with Crippen LogP contribution >= 0.6 is 11.6 Å². The van der Waals surface area contributed by atoms with Gasteiger partial charge < -0.3 is 15.2 Å². The first-order chi connectivity index (χ1) is 15.0. The van der Waals surface area contributed by atoms with Gasteiger partial charge in [0.05, 0.1) is 0 Å². The Balaban J connectivity index is 1.25. The predicted octanol–water partition coefficient (Wildman–Crippen LogP) is 5.32. The molecule has 5 nitrogen and oxygen atoms in total. The first-order valence-corrected chi connectivity index (χ1v) is 11.9. The van der Waals surface area contributed by atoms with Crippen molar-refractivity contribution in [3.8, 4) is 0 Å². The Morgan fingerprint density at radius 1 is 1.23 bits per heavy atom. The second-order valence-corrected chi connectivity index (χ2v) is 9.42. The Labute approximate surface area is 189 Å². The van der Waals surface area contributed by atoms with E-state index in [1.54, 1.807) is 0 Å². The van der Waals surface area contributed by atoms with Gasteiger partial charge in [0.1, 0.15) is 5.69 Å². The van der Waals surface area contributed by atoms with Crippen LogP contribution in [0.4, 0.5) is 0 Å². The summed E-state index contributed by atoms with van der Waals surface area (Å²) < 4.78 is 0. The van der Waals surface area contributed by atoms with Crippen molar-refractivity contribution in [1.29, 1.82) is 0 Å². The van der Waals surface area contributed by atoms with Gasteiger partial charge in [0.15, 0.2) is 0 Å². The van der Waals surface area contributed by atoms with E-state index in [2.05, 4.69) is 16.4 Å². The number of hydrogen-bond donors (Lipinski definition) is 2. The van der Waals surface area contributed by atoms with Crippen LogP contribution in [0, 0.1) is 11.8 Å². The van der Waals surface area contributed by atoms with Gasteiger partial charge in [0.25, 0.3) is 5.91 Å². The Morgan fingerprint density at radius 2 is 2.03 bits per heavy atom. The van der Waals surface area contributed by atoms with E-state index >= 15 is 0 Å². The maximum absolute atomic E-state index is 12.9. The summed E-state index contributed by atoms with van der Waals surface area (Å²) >= 11 is 6.05. The van der Waals surface area contributed by atoms with E-state index in [9.17, 15) is 9.59 Å². The van der Waals surface area contributed by atoms with E-state index in [4.69, 9.17) is 11.6 Å². The molecule has 1 atom stereocenters. The molecule has 6 heteroatoms. The average Bonchev–Trinajstić information content (AvgIpc) is 3.22. The minimum atomic E-state index is -0.0206. The number of likely N-dealkylation sites (tertiary alicyclic amines) is 1. The molecule has 1 fully saturated rings. The molecule has 1 aromatic carbocycles. The number of allylic oxidation sites excluding steroid dienone is 1. The van der Waals surface area contributed by atoms with E-state index in [0.29, 0.717) is 29.7 Å². The lowest BCUT2D eigenvalue weighted by atomic mass is 9.84. The number of amides is 2. The molecule has 2 N–H and O–H groups in total. The first-order valence-electron chi connectivity index (χ1n) is 11.5. The third-order valence-corrected chi connectivity index (χ3v) is 7.13. The quantitative estimate of drug-likeness (QED) is 0.596. The summed E-state index contributed by atoms with van der Waals surface area (Å²) in [5, 5.41) is 4.74. The number of nitrogens with zero attached hydrogens (tertiary/aromatic N) is 1. The molecule has 1 saturated heterocycles. The van der Waals surface area contributed by atoms with Gasteiger partial charge >= 0.3 is 0 Å². The minimum absolute atomic E-state index is 0.0173. The number of fused-ring (bicyclic) bond motifs is 1. The van der Waals surface area contributed by atoms with Crippen LogP contribution in [0.2, 0.25) is 5.02 Å². The molecular weight excluding hydrogens is 410 g/mol. The number of H-pyrrole nitrogens is 1. The monoisotopic (exact) mass is 441 g/mol. The molecule has 2 aromatic rings. The standard InChI is InChI=1S/C25H32ClN3O2/c1-17(24(30)27-12-9-18-5-3-2-4-6-18)19-10-13-29(14-11-19)25(31)23-16-20-15-21(26)7-8-22(20)28-23/h5,7-8,15-17,19,28H,2-4,6,9-14H2,1H3,(H,27,30)/t17-/m1/s1. The summed E-state index contributed by atoms with van der Waals surface area (Å²) in [5.41, 5.74) is 3.00. The molecule has 0 unspecified atom stereocenters. The summed E-state index contributed by atoms with van der Waals surface area (Å²) in [7, 11) is 0. The second-order valence-electron chi connectivity index (χ2n) is 8.98. The van der Waals surface area contributed by atoms with E-state index < -0.39 is 0 Å². The summed E-state index contributed by atoms with van der Waals surface area (Å²) in [5.74, 6) is 0.463. The Bertz CT molecular complexity index is 972. The zero-order valence-electron chi connectivity index (χ0n) is 18.3. The number of aromatic amines is 1. The number of hydrogen-bond acceptors (Lipinski definition) is 2. The molecule has 4 rings (SSSR count). The van der Waals surface area contributed by atoms with Gasteiger partial charge in [-0.1, -0.05) is 30.2 Å². The summed E-state index contributed by atoms with van der Waals surface area (Å²) in [6.45, 7) is 4.13. The molecule has 0 spiro atoms. The van der Waals surface area contributed by atoms with Crippen molar-refractivity contribution < 1.29 is 9.59 Å². The van der Waals surface area contributed by atoms with Crippen molar-refractivity contribution in [3.05, 3.63) is 46.6 Å². The highest BCUT2D eigenvalue weighted by Crippen LogP contribution is 2.27. The molecule has 2 heterocycles. The molecule has 1 aromatic heterocycles. The molecular formula is C25H32ClN3O2. The third-order valence-electron chi connectivity index (χ3n) is 6.89. The van der Waals surface area contributed by atoms with E-state index in [1.165, 1.54) is 31.3 Å².